The Kier molecular flexibility index (Phi) is 5.56. The second kappa shape index (κ2) is 8.04. The van der Waals surface area contributed by atoms with Gasteiger partial charge < -0.3 is 21.1 Å². The third-order valence-electron chi connectivity index (χ3n) is 3.89. The molecule has 0 bridgehead atoms. The number of halogens is 2. The SMILES string of the molecule is Nc1c(NCCN2CCOCC2)ncnc1Nc1ccc(F)c(F)c1. The van der Waals surface area contributed by atoms with Crippen molar-refractivity contribution in [3.05, 3.63) is 36.2 Å². The lowest BCUT2D eigenvalue weighted by atomic mass is 10.3. The average molecular weight is 350 g/mol. The molecule has 1 aliphatic rings. The lowest BCUT2D eigenvalue weighted by Gasteiger charge is -2.26. The van der Waals surface area contributed by atoms with E-state index in [9.17, 15) is 8.78 Å². The second-order valence-corrected chi connectivity index (χ2v) is 5.62. The smallest absolute Gasteiger partial charge is 0.160 e. The number of aromatic nitrogens is 2. The summed E-state index contributed by atoms with van der Waals surface area (Å²) in [5, 5.41) is 6.04. The van der Waals surface area contributed by atoms with E-state index in [1.165, 1.54) is 12.4 Å². The van der Waals surface area contributed by atoms with Crippen LogP contribution in [0.5, 0.6) is 0 Å². The summed E-state index contributed by atoms with van der Waals surface area (Å²) in [6, 6.07) is 3.49. The Morgan fingerprint density at radius 1 is 1.12 bits per heavy atom. The molecule has 1 aliphatic heterocycles. The molecular weight excluding hydrogens is 330 g/mol. The number of ether oxygens (including phenoxy) is 1. The van der Waals surface area contributed by atoms with Crippen LogP contribution in [-0.2, 0) is 4.74 Å². The Balaban J connectivity index is 1.61. The van der Waals surface area contributed by atoms with Crippen LogP contribution >= 0.6 is 0 Å². The van der Waals surface area contributed by atoms with E-state index in [0.29, 0.717) is 29.6 Å². The van der Waals surface area contributed by atoms with Crippen molar-refractivity contribution in [3.8, 4) is 0 Å². The summed E-state index contributed by atoms with van der Waals surface area (Å²) in [6.07, 6.45) is 1.36. The van der Waals surface area contributed by atoms with E-state index < -0.39 is 11.6 Å². The normalized spacial score (nSPS) is 15.1. The van der Waals surface area contributed by atoms with Crippen molar-refractivity contribution in [2.45, 2.75) is 0 Å². The molecule has 25 heavy (non-hydrogen) atoms. The number of morpholine rings is 1. The topological polar surface area (TPSA) is 88.3 Å². The Morgan fingerprint density at radius 3 is 2.64 bits per heavy atom. The van der Waals surface area contributed by atoms with Crippen LogP contribution in [0.15, 0.2) is 24.5 Å². The summed E-state index contributed by atoms with van der Waals surface area (Å²) in [5.74, 6) is -1.03. The first kappa shape index (κ1) is 17.3. The minimum atomic E-state index is -0.943. The Labute approximate surface area is 144 Å². The first-order valence-corrected chi connectivity index (χ1v) is 8.00. The van der Waals surface area contributed by atoms with Gasteiger partial charge in [0.2, 0.25) is 0 Å². The second-order valence-electron chi connectivity index (χ2n) is 5.62. The van der Waals surface area contributed by atoms with Crippen LogP contribution in [0, 0.1) is 11.6 Å². The van der Waals surface area contributed by atoms with Crippen molar-refractivity contribution < 1.29 is 13.5 Å². The van der Waals surface area contributed by atoms with E-state index in [1.807, 2.05) is 0 Å². The summed E-state index contributed by atoms with van der Waals surface area (Å²) in [5.41, 5.74) is 6.73. The number of nitrogens with two attached hydrogens (primary N) is 1. The molecule has 2 aromatic rings. The maximum absolute atomic E-state index is 13.3. The molecule has 0 spiro atoms. The van der Waals surface area contributed by atoms with E-state index in [4.69, 9.17) is 10.5 Å². The van der Waals surface area contributed by atoms with E-state index in [0.717, 1.165) is 45.0 Å². The predicted molar refractivity (Wildman–Crippen MR) is 91.8 cm³/mol. The molecule has 2 heterocycles. The van der Waals surface area contributed by atoms with Crippen LogP contribution in [0.25, 0.3) is 0 Å². The largest absolute Gasteiger partial charge is 0.393 e. The zero-order valence-electron chi connectivity index (χ0n) is 13.6. The van der Waals surface area contributed by atoms with Gasteiger partial charge in [-0.1, -0.05) is 0 Å². The Morgan fingerprint density at radius 2 is 1.88 bits per heavy atom. The summed E-state index contributed by atoms with van der Waals surface area (Å²) < 4.78 is 31.6. The minimum absolute atomic E-state index is 0.314. The van der Waals surface area contributed by atoms with E-state index >= 15 is 0 Å². The number of hydrogen-bond donors (Lipinski definition) is 3. The highest BCUT2D eigenvalue weighted by Gasteiger charge is 2.12. The maximum atomic E-state index is 13.3. The molecular formula is C16H20F2N6O. The summed E-state index contributed by atoms with van der Waals surface area (Å²) >= 11 is 0. The molecule has 1 aromatic carbocycles. The number of nitrogen functional groups attached to an aromatic ring is 1. The molecule has 3 rings (SSSR count). The third kappa shape index (κ3) is 4.52. The standard InChI is InChI=1S/C16H20F2N6O/c17-12-2-1-11(9-13(12)18)23-16-14(19)15(21-10-22-16)20-3-4-24-5-7-25-8-6-24/h1-2,9-10H,3-8,19H2,(H2,20,21,22,23). The van der Waals surface area contributed by atoms with E-state index in [2.05, 4.69) is 25.5 Å². The zero-order valence-corrected chi connectivity index (χ0v) is 13.6. The lowest BCUT2D eigenvalue weighted by Crippen LogP contribution is -2.39. The number of nitrogens with one attached hydrogen (secondary N) is 2. The first-order chi connectivity index (χ1) is 12.1. The number of nitrogens with zero attached hydrogens (tertiary/aromatic N) is 3. The summed E-state index contributed by atoms with van der Waals surface area (Å²) in [6.45, 7) is 4.83. The van der Waals surface area contributed by atoms with Crippen molar-refractivity contribution >= 4 is 23.0 Å². The molecule has 0 radical (unpaired) electrons. The third-order valence-corrected chi connectivity index (χ3v) is 3.89. The van der Waals surface area contributed by atoms with Gasteiger partial charge >= 0.3 is 0 Å². The molecule has 9 heteroatoms. The van der Waals surface area contributed by atoms with Gasteiger partial charge in [0.25, 0.3) is 0 Å². The molecule has 1 fully saturated rings. The predicted octanol–water partition coefficient (Wildman–Crippen LogP) is 1.82. The quantitative estimate of drug-likeness (QED) is 0.732. The Bertz CT molecular complexity index is 724. The highest BCUT2D eigenvalue weighted by atomic mass is 19.2. The molecule has 134 valence electrons. The van der Waals surface area contributed by atoms with Crippen LogP contribution < -0.4 is 16.4 Å². The lowest BCUT2D eigenvalue weighted by molar-refractivity contribution is 0.0398. The highest BCUT2D eigenvalue weighted by Crippen LogP contribution is 2.26. The molecule has 1 saturated heterocycles. The van der Waals surface area contributed by atoms with Gasteiger partial charge in [-0.2, -0.15) is 0 Å². The van der Waals surface area contributed by atoms with Crippen LogP contribution in [0.3, 0.4) is 0 Å². The van der Waals surface area contributed by atoms with Gasteiger partial charge in [-0.3, -0.25) is 4.90 Å². The van der Waals surface area contributed by atoms with Crippen molar-refractivity contribution in [2.75, 3.05) is 55.8 Å². The maximum Gasteiger partial charge on any atom is 0.160 e. The van der Waals surface area contributed by atoms with Crippen molar-refractivity contribution in [1.82, 2.24) is 14.9 Å². The van der Waals surface area contributed by atoms with E-state index in [1.54, 1.807) is 0 Å². The van der Waals surface area contributed by atoms with Gasteiger partial charge in [-0.25, -0.2) is 18.7 Å². The van der Waals surface area contributed by atoms with Gasteiger partial charge in [0.1, 0.15) is 12.0 Å². The number of anilines is 4. The zero-order chi connectivity index (χ0) is 17.6. The molecule has 0 amide bonds. The molecule has 0 aliphatic carbocycles. The Hall–Kier alpha value is -2.52. The fraction of sp³-hybridized carbons (Fsp3) is 0.375. The number of benzene rings is 1. The minimum Gasteiger partial charge on any atom is -0.393 e. The average Bonchev–Trinajstić information content (AvgIpc) is 2.62. The van der Waals surface area contributed by atoms with Gasteiger partial charge in [-0.15, -0.1) is 0 Å². The van der Waals surface area contributed by atoms with E-state index in [-0.39, 0.29) is 0 Å². The van der Waals surface area contributed by atoms with Crippen molar-refractivity contribution in [3.63, 3.8) is 0 Å². The van der Waals surface area contributed by atoms with Crippen molar-refractivity contribution in [2.24, 2.45) is 0 Å². The van der Waals surface area contributed by atoms with Gasteiger partial charge in [0.05, 0.1) is 13.2 Å². The fourth-order valence-corrected chi connectivity index (χ4v) is 2.50. The molecule has 0 unspecified atom stereocenters. The van der Waals surface area contributed by atoms with Crippen LogP contribution in [0.2, 0.25) is 0 Å². The van der Waals surface area contributed by atoms with Crippen LogP contribution in [0.1, 0.15) is 0 Å². The number of hydrogen-bond acceptors (Lipinski definition) is 7. The van der Waals surface area contributed by atoms with Gasteiger partial charge in [-0.05, 0) is 12.1 Å². The molecule has 0 saturated carbocycles. The highest BCUT2D eigenvalue weighted by molar-refractivity contribution is 5.77. The molecule has 7 nitrogen and oxygen atoms in total. The summed E-state index contributed by atoms with van der Waals surface area (Å²) in [4.78, 5) is 10.5. The molecule has 0 atom stereocenters. The monoisotopic (exact) mass is 350 g/mol. The van der Waals surface area contributed by atoms with Crippen molar-refractivity contribution in [1.29, 1.82) is 0 Å². The fourth-order valence-electron chi connectivity index (χ4n) is 2.50. The molecule has 1 aromatic heterocycles. The number of rotatable bonds is 6. The summed E-state index contributed by atoms with van der Waals surface area (Å²) in [7, 11) is 0. The first-order valence-electron chi connectivity index (χ1n) is 8.00. The van der Waals surface area contributed by atoms with Crippen LogP contribution in [-0.4, -0.2) is 54.3 Å². The molecule has 4 N–H and O–H groups in total. The van der Waals surface area contributed by atoms with Crippen LogP contribution in [0.4, 0.5) is 31.8 Å². The van der Waals surface area contributed by atoms with Gasteiger partial charge in [0, 0.05) is 37.9 Å². The van der Waals surface area contributed by atoms with Gasteiger partial charge in [0.15, 0.2) is 23.3 Å².